The topological polar surface area (TPSA) is 70.9 Å². The second-order valence-electron chi connectivity index (χ2n) is 6.93. The standard InChI is InChI=1S/C18H19N7/c1-12-5-19-10-22-17(12)24-6-13-8-25(9-14(13)7-24)18-15-3-2-4-20-16(15)21-11-23-18/h2-5,10-11,13-14H,6-9H2,1H3. The minimum absolute atomic E-state index is 0.635. The van der Waals surface area contributed by atoms with Crippen molar-refractivity contribution in [3.63, 3.8) is 0 Å². The maximum Gasteiger partial charge on any atom is 0.164 e. The van der Waals surface area contributed by atoms with E-state index in [1.807, 2.05) is 12.3 Å². The van der Waals surface area contributed by atoms with E-state index in [0.717, 1.165) is 54.4 Å². The third-order valence-corrected chi connectivity index (χ3v) is 5.34. The quantitative estimate of drug-likeness (QED) is 0.707. The summed E-state index contributed by atoms with van der Waals surface area (Å²) in [6.45, 7) is 6.20. The lowest BCUT2D eigenvalue weighted by Gasteiger charge is -2.24. The van der Waals surface area contributed by atoms with Crippen LogP contribution in [-0.4, -0.2) is 51.1 Å². The van der Waals surface area contributed by atoms with Crippen LogP contribution in [0.3, 0.4) is 0 Å². The Bertz CT molecular complexity index is 909. The fraction of sp³-hybridized carbons (Fsp3) is 0.389. The molecule has 2 fully saturated rings. The number of fused-ring (bicyclic) bond motifs is 2. The molecule has 2 aliphatic rings. The average Bonchev–Trinajstić information content (AvgIpc) is 3.20. The minimum Gasteiger partial charge on any atom is -0.356 e. The van der Waals surface area contributed by atoms with E-state index in [1.165, 1.54) is 0 Å². The fourth-order valence-corrected chi connectivity index (χ4v) is 4.20. The first-order valence-electron chi connectivity index (χ1n) is 8.62. The average molecular weight is 333 g/mol. The van der Waals surface area contributed by atoms with Gasteiger partial charge < -0.3 is 9.80 Å². The zero-order valence-corrected chi connectivity index (χ0v) is 14.1. The van der Waals surface area contributed by atoms with Gasteiger partial charge >= 0.3 is 0 Å². The Morgan fingerprint density at radius 3 is 2.36 bits per heavy atom. The zero-order valence-electron chi connectivity index (χ0n) is 14.1. The molecule has 126 valence electrons. The predicted molar refractivity (Wildman–Crippen MR) is 95.5 cm³/mol. The van der Waals surface area contributed by atoms with Crippen LogP contribution in [0.5, 0.6) is 0 Å². The summed E-state index contributed by atoms with van der Waals surface area (Å²) in [6.07, 6.45) is 6.93. The molecule has 2 atom stereocenters. The van der Waals surface area contributed by atoms with Gasteiger partial charge in [0.1, 0.15) is 24.3 Å². The molecule has 3 aromatic rings. The van der Waals surface area contributed by atoms with Gasteiger partial charge in [-0.2, -0.15) is 0 Å². The first-order chi connectivity index (χ1) is 12.3. The van der Waals surface area contributed by atoms with Gasteiger partial charge in [0, 0.05) is 56.0 Å². The molecule has 7 nitrogen and oxygen atoms in total. The third-order valence-electron chi connectivity index (χ3n) is 5.34. The Morgan fingerprint density at radius 2 is 1.60 bits per heavy atom. The van der Waals surface area contributed by atoms with Gasteiger partial charge in [-0.3, -0.25) is 0 Å². The van der Waals surface area contributed by atoms with Gasteiger partial charge in [0.25, 0.3) is 0 Å². The Morgan fingerprint density at radius 1 is 0.880 bits per heavy atom. The molecule has 0 bridgehead atoms. The van der Waals surface area contributed by atoms with E-state index in [-0.39, 0.29) is 0 Å². The summed E-state index contributed by atoms with van der Waals surface area (Å²) in [7, 11) is 0. The van der Waals surface area contributed by atoms with E-state index < -0.39 is 0 Å². The molecule has 0 saturated carbocycles. The van der Waals surface area contributed by atoms with Gasteiger partial charge in [0.15, 0.2) is 5.65 Å². The van der Waals surface area contributed by atoms with Crippen molar-refractivity contribution in [3.05, 3.63) is 42.7 Å². The molecule has 0 aliphatic carbocycles. The van der Waals surface area contributed by atoms with Crippen molar-refractivity contribution in [2.24, 2.45) is 11.8 Å². The number of rotatable bonds is 2. The van der Waals surface area contributed by atoms with Gasteiger partial charge in [-0.05, 0) is 19.1 Å². The molecular weight excluding hydrogens is 314 g/mol. The Kier molecular flexibility index (Phi) is 3.26. The second-order valence-corrected chi connectivity index (χ2v) is 6.93. The maximum absolute atomic E-state index is 4.55. The molecule has 0 spiro atoms. The van der Waals surface area contributed by atoms with Crippen LogP contribution in [0.4, 0.5) is 11.6 Å². The summed E-state index contributed by atoms with van der Waals surface area (Å²) in [6, 6.07) is 4.01. The van der Waals surface area contributed by atoms with Crippen LogP contribution in [0.1, 0.15) is 5.56 Å². The number of nitrogens with zero attached hydrogens (tertiary/aromatic N) is 7. The molecule has 0 aromatic carbocycles. The smallest absolute Gasteiger partial charge is 0.164 e. The minimum atomic E-state index is 0.635. The van der Waals surface area contributed by atoms with Crippen molar-refractivity contribution in [2.75, 3.05) is 36.0 Å². The molecule has 0 N–H and O–H groups in total. The lowest BCUT2D eigenvalue weighted by Crippen LogP contribution is -2.30. The zero-order chi connectivity index (χ0) is 16.8. The van der Waals surface area contributed by atoms with Gasteiger partial charge in [-0.1, -0.05) is 0 Å². The molecule has 25 heavy (non-hydrogen) atoms. The highest BCUT2D eigenvalue weighted by Gasteiger charge is 2.41. The van der Waals surface area contributed by atoms with Gasteiger partial charge in [-0.15, -0.1) is 0 Å². The molecule has 0 radical (unpaired) electrons. The van der Waals surface area contributed by atoms with Gasteiger partial charge in [-0.25, -0.2) is 24.9 Å². The summed E-state index contributed by atoms with van der Waals surface area (Å²) >= 11 is 0. The van der Waals surface area contributed by atoms with Crippen LogP contribution in [0.25, 0.3) is 11.0 Å². The molecular formula is C18H19N7. The Balaban J connectivity index is 1.38. The number of aryl methyl sites for hydroxylation is 1. The van der Waals surface area contributed by atoms with Crippen molar-refractivity contribution in [2.45, 2.75) is 6.92 Å². The van der Waals surface area contributed by atoms with Crippen LogP contribution in [0, 0.1) is 18.8 Å². The molecule has 7 heteroatoms. The number of pyridine rings is 1. The van der Waals surface area contributed by atoms with E-state index in [9.17, 15) is 0 Å². The van der Waals surface area contributed by atoms with E-state index in [2.05, 4.69) is 47.7 Å². The van der Waals surface area contributed by atoms with Crippen molar-refractivity contribution >= 4 is 22.7 Å². The summed E-state index contributed by atoms with van der Waals surface area (Å²) in [5.41, 5.74) is 1.91. The van der Waals surface area contributed by atoms with Gasteiger partial charge in [0.05, 0.1) is 5.39 Å². The first kappa shape index (κ1) is 14.5. The fourth-order valence-electron chi connectivity index (χ4n) is 4.20. The molecule has 2 aliphatic heterocycles. The van der Waals surface area contributed by atoms with Crippen LogP contribution in [-0.2, 0) is 0 Å². The monoisotopic (exact) mass is 333 g/mol. The second kappa shape index (κ2) is 5.61. The van der Waals surface area contributed by atoms with Crippen molar-refractivity contribution < 1.29 is 0 Å². The van der Waals surface area contributed by atoms with Crippen molar-refractivity contribution in [1.29, 1.82) is 0 Å². The molecule has 2 saturated heterocycles. The van der Waals surface area contributed by atoms with Crippen LogP contribution >= 0.6 is 0 Å². The first-order valence-corrected chi connectivity index (χ1v) is 8.62. The molecule has 3 aromatic heterocycles. The molecule has 0 amide bonds. The summed E-state index contributed by atoms with van der Waals surface area (Å²) in [4.78, 5) is 26.6. The Labute approximate surface area is 145 Å². The highest BCUT2D eigenvalue weighted by Crippen LogP contribution is 2.36. The third kappa shape index (κ3) is 2.38. The van der Waals surface area contributed by atoms with Crippen molar-refractivity contribution in [3.8, 4) is 0 Å². The van der Waals surface area contributed by atoms with Crippen LogP contribution < -0.4 is 9.80 Å². The van der Waals surface area contributed by atoms with Crippen molar-refractivity contribution in [1.82, 2.24) is 24.9 Å². The normalized spacial score (nSPS) is 22.6. The van der Waals surface area contributed by atoms with Crippen LogP contribution in [0.15, 0.2) is 37.2 Å². The van der Waals surface area contributed by atoms with E-state index in [1.54, 1.807) is 18.9 Å². The summed E-state index contributed by atoms with van der Waals surface area (Å²) < 4.78 is 0. The van der Waals surface area contributed by atoms with Crippen LogP contribution in [0.2, 0.25) is 0 Å². The van der Waals surface area contributed by atoms with Gasteiger partial charge in [0.2, 0.25) is 0 Å². The predicted octanol–water partition coefficient (Wildman–Crippen LogP) is 1.70. The number of hydrogen-bond donors (Lipinski definition) is 0. The lowest BCUT2D eigenvalue weighted by molar-refractivity contribution is 0.533. The molecule has 5 heterocycles. The largest absolute Gasteiger partial charge is 0.356 e. The van der Waals surface area contributed by atoms with E-state index >= 15 is 0 Å². The Hall–Kier alpha value is -2.83. The number of aromatic nitrogens is 5. The maximum atomic E-state index is 4.55. The van der Waals surface area contributed by atoms with E-state index in [0.29, 0.717) is 11.8 Å². The number of hydrogen-bond acceptors (Lipinski definition) is 7. The molecule has 2 unspecified atom stereocenters. The highest BCUT2D eigenvalue weighted by molar-refractivity contribution is 5.86. The molecule has 5 rings (SSSR count). The SMILES string of the molecule is Cc1cncnc1N1CC2CN(c3ncnc4ncccc34)CC2C1. The lowest BCUT2D eigenvalue weighted by atomic mass is 10.0. The summed E-state index contributed by atoms with van der Waals surface area (Å²) in [5.74, 6) is 3.36. The van der Waals surface area contributed by atoms with E-state index in [4.69, 9.17) is 0 Å². The number of anilines is 2. The highest BCUT2D eigenvalue weighted by atomic mass is 15.3. The summed E-state index contributed by atoms with van der Waals surface area (Å²) in [5, 5.41) is 1.04.